The molecule has 8 heteroatoms. The minimum absolute atomic E-state index is 0.0166. The van der Waals surface area contributed by atoms with Crippen molar-refractivity contribution >= 4 is 11.6 Å². The molecule has 0 bridgehead atoms. The van der Waals surface area contributed by atoms with Gasteiger partial charge in [0, 0.05) is 6.20 Å². The first-order chi connectivity index (χ1) is 10.3. The molecule has 116 valence electrons. The molecule has 2 aromatic rings. The molecule has 0 spiro atoms. The Morgan fingerprint density at radius 1 is 1.18 bits per heavy atom. The molecule has 1 N–H and O–H groups in total. The topological polar surface area (TPSA) is 51.2 Å². The summed E-state index contributed by atoms with van der Waals surface area (Å²) in [5.74, 6) is -1.56. The number of hydrogen-bond acceptors (Lipinski definition) is 3. The van der Waals surface area contributed by atoms with Crippen molar-refractivity contribution in [1.82, 2.24) is 4.98 Å². The van der Waals surface area contributed by atoms with Crippen LogP contribution in [0, 0.1) is 5.82 Å². The third-order valence-electron chi connectivity index (χ3n) is 2.57. The first-order valence-corrected chi connectivity index (χ1v) is 6.07. The van der Waals surface area contributed by atoms with Crippen molar-refractivity contribution in [1.29, 1.82) is 0 Å². The molecule has 1 heterocycles. The Morgan fingerprint density at radius 2 is 1.86 bits per heavy atom. The first kappa shape index (κ1) is 15.7. The Balaban J connectivity index is 1.96. The summed E-state index contributed by atoms with van der Waals surface area (Å²) in [7, 11) is 0. The molecular weight excluding hydrogens is 304 g/mol. The maximum Gasteiger partial charge on any atom is 0.573 e. The summed E-state index contributed by atoms with van der Waals surface area (Å²) in [5.41, 5.74) is 0.443. The number of aromatic nitrogens is 1. The molecular formula is C14H10F4N2O2. The van der Waals surface area contributed by atoms with E-state index in [0.29, 0.717) is 5.56 Å². The standard InChI is InChI=1S/C14H10F4N2O2/c15-11-8-19-6-5-12(11)20-13(21)7-9-1-3-10(4-2-9)22-14(16,17)18/h1-6,8H,7H2,(H,19,20,21). The largest absolute Gasteiger partial charge is 0.573 e. The molecule has 0 aliphatic rings. The average Bonchev–Trinajstić information content (AvgIpc) is 2.42. The van der Waals surface area contributed by atoms with Gasteiger partial charge in [-0.1, -0.05) is 12.1 Å². The quantitative estimate of drug-likeness (QED) is 0.881. The normalized spacial score (nSPS) is 11.1. The van der Waals surface area contributed by atoms with E-state index >= 15 is 0 Å². The Hall–Kier alpha value is -2.64. The Bertz CT molecular complexity index is 657. The van der Waals surface area contributed by atoms with E-state index < -0.39 is 18.1 Å². The number of hydrogen-bond donors (Lipinski definition) is 1. The van der Waals surface area contributed by atoms with Crippen molar-refractivity contribution in [2.45, 2.75) is 12.8 Å². The molecule has 1 amide bonds. The van der Waals surface area contributed by atoms with Crippen LogP contribution in [0.4, 0.5) is 23.2 Å². The van der Waals surface area contributed by atoms with E-state index in [1.807, 2.05) is 0 Å². The lowest BCUT2D eigenvalue weighted by atomic mass is 10.1. The second-order valence-corrected chi connectivity index (χ2v) is 4.27. The Kier molecular flexibility index (Phi) is 4.59. The highest BCUT2D eigenvalue weighted by Crippen LogP contribution is 2.23. The third-order valence-corrected chi connectivity index (χ3v) is 2.57. The minimum atomic E-state index is -4.77. The van der Waals surface area contributed by atoms with Crippen molar-refractivity contribution < 1.29 is 27.1 Å². The van der Waals surface area contributed by atoms with E-state index in [0.717, 1.165) is 18.3 Å². The monoisotopic (exact) mass is 314 g/mol. The number of benzene rings is 1. The number of anilines is 1. The third kappa shape index (κ3) is 4.72. The fourth-order valence-electron chi connectivity index (χ4n) is 1.67. The fraction of sp³-hybridized carbons (Fsp3) is 0.143. The zero-order chi connectivity index (χ0) is 16.2. The van der Waals surface area contributed by atoms with E-state index in [-0.39, 0.29) is 17.9 Å². The van der Waals surface area contributed by atoms with Gasteiger partial charge in [-0.2, -0.15) is 0 Å². The highest BCUT2D eigenvalue weighted by molar-refractivity contribution is 5.92. The second-order valence-electron chi connectivity index (χ2n) is 4.27. The van der Waals surface area contributed by atoms with Crippen LogP contribution in [0.5, 0.6) is 5.75 Å². The average molecular weight is 314 g/mol. The van der Waals surface area contributed by atoms with Crippen molar-refractivity contribution in [3.63, 3.8) is 0 Å². The molecule has 0 atom stereocenters. The highest BCUT2D eigenvalue weighted by atomic mass is 19.4. The van der Waals surface area contributed by atoms with Gasteiger partial charge in [-0.25, -0.2) is 4.39 Å². The Labute approximate surface area is 122 Å². The lowest BCUT2D eigenvalue weighted by Gasteiger charge is -2.09. The second kappa shape index (κ2) is 6.42. The van der Waals surface area contributed by atoms with Gasteiger partial charge in [0.2, 0.25) is 5.91 Å². The van der Waals surface area contributed by atoms with Crippen molar-refractivity contribution in [3.8, 4) is 5.75 Å². The van der Waals surface area contributed by atoms with Gasteiger partial charge < -0.3 is 10.1 Å². The van der Waals surface area contributed by atoms with Gasteiger partial charge in [0.15, 0.2) is 5.82 Å². The zero-order valence-corrected chi connectivity index (χ0v) is 11.0. The van der Waals surface area contributed by atoms with E-state index in [1.54, 1.807) is 0 Å². The van der Waals surface area contributed by atoms with Crippen LogP contribution in [0.3, 0.4) is 0 Å². The summed E-state index contributed by atoms with van der Waals surface area (Å²) in [6.45, 7) is 0. The molecule has 0 saturated carbocycles. The number of alkyl halides is 3. The van der Waals surface area contributed by atoms with Gasteiger partial charge in [0.1, 0.15) is 5.75 Å². The Morgan fingerprint density at radius 3 is 2.45 bits per heavy atom. The number of amides is 1. The summed E-state index contributed by atoms with van der Waals surface area (Å²) in [5, 5.41) is 2.35. The number of rotatable bonds is 4. The molecule has 2 rings (SSSR count). The van der Waals surface area contributed by atoms with Crippen LogP contribution < -0.4 is 10.1 Å². The summed E-state index contributed by atoms with van der Waals surface area (Å²) >= 11 is 0. The molecule has 1 aromatic heterocycles. The predicted octanol–water partition coefficient (Wildman–Crippen LogP) is 3.30. The summed E-state index contributed by atoms with van der Waals surface area (Å²) in [6.07, 6.45) is -2.60. The van der Waals surface area contributed by atoms with Gasteiger partial charge in [-0.05, 0) is 23.8 Å². The van der Waals surface area contributed by atoms with Gasteiger partial charge in [0.05, 0.1) is 18.3 Å². The predicted molar refractivity (Wildman–Crippen MR) is 69.7 cm³/mol. The molecule has 0 unspecified atom stereocenters. The molecule has 0 saturated heterocycles. The van der Waals surface area contributed by atoms with Crippen LogP contribution in [0.1, 0.15) is 5.56 Å². The first-order valence-electron chi connectivity index (χ1n) is 6.07. The molecule has 0 fully saturated rings. The van der Waals surface area contributed by atoms with Gasteiger partial charge in [-0.3, -0.25) is 9.78 Å². The number of carbonyl (C=O) groups excluding carboxylic acids is 1. The number of nitrogens with one attached hydrogen (secondary N) is 1. The van der Waals surface area contributed by atoms with Crippen LogP contribution in [-0.2, 0) is 11.2 Å². The molecule has 0 aliphatic carbocycles. The van der Waals surface area contributed by atoms with Crippen LogP contribution in [0.2, 0.25) is 0 Å². The SMILES string of the molecule is O=C(Cc1ccc(OC(F)(F)F)cc1)Nc1ccncc1F. The van der Waals surface area contributed by atoms with Crippen molar-refractivity contribution in [2.24, 2.45) is 0 Å². The zero-order valence-electron chi connectivity index (χ0n) is 11.0. The van der Waals surface area contributed by atoms with E-state index in [4.69, 9.17) is 0 Å². The molecule has 0 radical (unpaired) electrons. The highest BCUT2D eigenvalue weighted by Gasteiger charge is 2.30. The van der Waals surface area contributed by atoms with Crippen molar-refractivity contribution in [2.75, 3.05) is 5.32 Å². The summed E-state index contributed by atoms with van der Waals surface area (Å²) in [6, 6.07) is 6.15. The number of carbonyl (C=O) groups is 1. The number of ether oxygens (including phenoxy) is 1. The maximum atomic E-state index is 13.3. The van der Waals surface area contributed by atoms with Crippen LogP contribution in [0.25, 0.3) is 0 Å². The minimum Gasteiger partial charge on any atom is -0.406 e. The maximum absolute atomic E-state index is 13.3. The smallest absolute Gasteiger partial charge is 0.406 e. The molecule has 0 aliphatic heterocycles. The van der Waals surface area contributed by atoms with Crippen molar-refractivity contribution in [3.05, 3.63) is 54.1 Å². The number of halogens is 4. The number of nitrogens with zero attached hydrogens (tertiary/aromatic N) is 1. The molecule has 4 nitrogen and oxygen atoms in total. The van der Waals surface area contributed by atoms with Crippen LogP contribution in [-0.4, -0.2) is 17.3 Å². The summed E-state index contributed by atoms with van der Waals surface area (Å²) in [4.78, 5) is 15.3. The van der Waals surface area contributed by atoms with Crippen LogP contribution in [0.15, 0.2) is 42.7 Å². The van der Waals surface area contributed by atoms with Gasteiger partial charge in [-0.15, -0.1) is 13.2 Å². The lowest BCUT2D eigenvalue weighted by molar-refractivity contribution is -0.274. The van der Waals surface area contributed by atoms with Crippen LogP contribution >= 0.6 is 0 Å². The molecule has 1 aromatic carbocycles. The summed E-state index contributed by atoms with van der Waals surface area (Å²) < 4.78 is 53.0. The van der Waals surface area contributed by atoms with E-state index in [2.05, 4.69) is 15.0 Å². The fourth-order valence-corrected chi connectivity index (χ4v) is 1.67. The number of pyridine rings is 1. The lowest BCUT2D eigenvalue weighted by Crippen LogP contribution is -2.17. The van der Waals surface area contributed by atoms with Gasteiger partial charge >= 0.3 is 6.36 Å². The van der Waals surface area contributed by atoms with E-state index in [9.17, 15) is 22.4 Å². The van der Waals surface area contributed by atoms with E-state index in [1.165, 1.54) is 24.4 Å². The van der Waals surface area contributed by atoms with Gasteiger partial charge in [0.25, 0.3) is 0 Å². The molecule has 22 heavy (non-hydrogen) atoms.